The molecule has 4 aromatic carbocycles. The van der Waals surface area contributed by atoms with Crippen LogP contribution in [0.2, 0.25) is 0 Å². The lowest BCUT2D eigenvalue weighted by Gasteiger charge is -2.49. The minimum absolute atomic E-state index is 0.113. The maximum atomic E-state index is 4.93. The van der Waals surface area contributed by atoms with Gasteiger partial charge in [0.15, 0.2) is 0 Å². The quantitative estimate of drug-likeness (QED) is 0.123. The van der Waals surface area contributed by atoms with Gasteiger partial charge < -0.3 is 0 Å². The van der Waals surface area contributed by atoms with Crippen LogP contribution in [0.4, 0.5) is 0 Å². The van der Waals surface area contributed by atoms with Crippen molar-refractivity contribution in [2.45, 2.75) is 78.6 Å². The first-order valence-electron chi connectivity index (χ1n) is 18.8. The topological polar surface area (TPSA) is 0 Å². The molecule has 51 heavy (non-hydrogen) atoms. The fourth-order valence-electron chi connectivity index (χ4n) is 8.60. The number of hydrogen-bond acceptors (Lipinski definition) is 0. The molecular formula is C51H54. The van der Waals surface area contributed by atoms with Crippen LogP contribution in [0.5, 0.6) is 0 Å². The molecule has 0 spiro atoms. The summed E-state index contributed by atoms with van der Waals surface area (Å²) in [5.41, 5.74) is 16.4. The molecule has 0 amide bonds. The van der Waals surface area contributed by atoms with Crippen LogP contribution in [0.1, 0.15) is 100 Å². The molecule has 1 atom stereocenters. The Labute approximate surface area is 308 Å². The highest BCUT2D eigenvalue weighted by Gasteiger charge is 2.49. The highest BCUT2D eigenvalue weighted by molar-refractivity contribution is 5.85. The van der Waals surface area contributed by atoms with Gasteiger partial charge >= 0.3 is 0 Å². The second kappa shape index (κ2) is 15.1. The van der Waals surface area contributed by atoms with E-state index in [0.29, 0.717) is 5.92 Å². The van der Waals surface area contributed by atoms with Gasteiger partial charge in [0.2, 0.25) is 0 Å². The summed E-state index contributed by atoms with van der Waals surface area (Å²) in [4.78, 5) is 0. The minimum Gasteiger partial charge on any atom is -0.0943 e. The van der Waals surface area contributed by atoms with Gasteiger partial charge in [-0.1, -0.05) is 186 Å². The van der Waals surface area contributed by atoms with Crippen molar-refractivity contribution in [1.82, 2.24) is 0 Å². The van der Waals surface area contributed by atoms with E-state index in [1.54, 1.807) is 0 Å². The summed E-state index contributed by atoms with van der Waals surface area (Å²) in [7, 11) is 0. The van der Waals surface area contributed by atoms with Crippen LogP contribution in [0.3, 0.4) is 0 Å². The SMILES string of the molecule is C=C(/C=C\CC(C)C)C1(c2cccc(C(/C=C\c3cccc4c3Cc3ccccc3-4)=C/C=C/C)c2)C(/C=C\C)=C(CC)C(C)(C)c2ccccc21. The summed E-state index contributed by atoms with van der Waals surface area (Å²) in [6, 6.07) is 33.9. The number of allylic oxidation sites excluding steroid dienone is 12. The van der Waals surface area contributed by atoms with E-state index in [-0.39, 0.29) is 5.41 Å². The first-order valence-corrected chi connectivity index (χ1v) is 18.8. The molecule has 258 valence electrons. The number of rotatable bonds is 11. The lowest BCUT2D eigenvalue weighted by Crippen LogP contribution is -2.42. The zero-order valence-electron chi connectivity index (χ0n) is 31.8. The Morgan fingerprint density at radius 3 is 2.27 bits per heavy atom. The largest absolute Gasteiger partial charge is 0.0943 e. The van der Waals surface area contributed by atoms with Gasteiger partial charge in [-0.2, -0.15) is 0 Å². The Balaban J connectivity index is 1.55. The lowest BCUT2D eigenvalue weighted by atomic mass is 9.53. The van der Waals surface area contributed by atoms with E-state index in [0.717, 1.165) is 24.8 Å². The maximum Gasteiger partial charge on any atom is 0.0698 e. The molecule has 0 N–H and O–H groups in total. The Hall–Kier alpha value is -4.94. The first kappa shape index (κ1) is 35.9. The third kappa shape index (κ3) is 6.54. The summed E-state index contributed by atoms with van der Waals surface area (Å²) >= 11 is 0. The van der Waals surface area contributed by atoms with Crippen LogP contribution in [0, 0.1) is 5.92 Å². The zero-order valence-corrected chi connectivity index (χ0v) is 31.8. The van der Waals surface area contributed by atoms with Gasteiger partial charge in [0.25, 0.3) is 0 Å². The molecule has 0 bridgehead atoms. The van der Waals surface area contributed by atoms with Crippen LogP contribution in [0.25, 0.3) is 22.8 Å². The molecule has 0 aliphatic heterocycles. The smallest absolute Gasteiger partial charge is 0.0698 e. The van der Waals surface area contributed by atoms with Crippen molar-refractivity contribution in [1.29, 1.82) is 0 Å². The third-order valence-corrected chi connectivity index (χ3v) is 11.0. The van der Waals surface area contributed by atoms with E-state index in [1.165, 1.54) is 66.8 Å². The van der Waals surface area contributed by atoms with Gasteiger partial charge in [0, 0.05) is 5.41 Å². The second-order valence-electron chi connectivity index (χ2n) is 15.0. The highest BCUT2D eigenvalue weighted by atomic mass is 14.5. The van der Waals surface area contributed by atoms with E-state index in [4.69, 9.17) is 6.58 Å². The summed E-state index contributed by atoms with van der Waals surface area (Å²) < 4.78 is 0. The Kier molecular flexibility index (Phi) is 10.6. The minimum atomic E-state index is -0.547. The van der Waals surface area contributed by atoms with E-state index >= 15 is 0 Å². The summed E-state index contributed by atoms with van der Waals surface area (Å²) in [6.45, 7) is 20.8. The van der Waals surface area contributed by atoms with E-state index in [9.17, 15) is 0 Å². The molecule has 0 nitrogen and oxygen atoms in total. The fourth-order valence-corrected chi connectivity index (χ4v) is 8.60. The van der Waals surface area contributed by atoms with Crippen molar-refractivity contribution in [2.24, 2.45) is 5.92 Å². The highest BCUT2D eigenvalue weighted by Crippen LogP contribution is 2.57. The Morgan fingerprint density at radius 2 is 1.53 bits per heavy atom. The summed E-state index contributed by atoms with van der Waals surface area (Å²) in [5, 5.41) is 0. The molecule has 0 fully saturated rings. The van der Waals surface area contributed by atoms with Gasteiger partial charge in [0.1, 0.15) is 0 Å². The molecule has 0 radical (unpaired) electrons. The molecule has 0 heteroatoms. The van der Waals surface area contributed by atoms with Crippen molar-refractivity contribution in [3.8, 4) is 11.1 Å². The van der Waals surface area contributed by atoms with Crippen molar-refractivity contribution in [3.05, 3.63) is 202 Å². The molecule has 6 rings (SSSR count). The third-order valence-electron chi connectivity index (χ3n) is 11.0. The van der Waals surface area contributed by atoms with Crippen LogP contribution in [0.15, 0.2) is 163 Å². The lowest BCUT2D eigenvalue weighted by molar-refractivity contribution is 0.531. The van der Waals surface area contributed by atoms with Crippen molar-refractivity contribution in [3.63, 3.8) is 0 Å². The number of benzene rings is 4. The molecule has 1 unspecified atom stereocenters. The van der Waals surface area contributed by atoms with E-state index < -0.39 is 5.41 Å². The molecule has 2 aliphatic carbocycles. The average Bonchev–Trinajstić information content (AvgIpc) is 3.52. The van der Waals surface area contributed by atoms with E-state index in [2.05, 4.69) is 194 Å². The first-order chi connectivity index (χ1) is 24.7. The molecule has 4 aromatic rings. The zero-order chi connectivity index (χ0) is 36.2. The standard InChI is InChI=1S/C51H54/c1-9-12-23-38(32-33-39-25-19-29-44-43-28-14-13-24-41(43)35-45(39)44)40-26-18-27-42(34-40)51(37(6)22-17-21-36(4)5)48(20-10-2)46(11-3)50(7,8)47-30-15-16-31-49(47)51/h9-10,12-20,22-34,36H,6,11,21,35H2,1-5,7-8H3/b12-9+,20-10-,22-17-,33-32-,38-23+. The van der Waals surface area contributed by atoms with E-state index in [1.807, 2.05) is 0 Å². The predicted molar refractivity (Wildman–Crippen MR) is 223 cm³/mol. The van der Waals surface area contributed by atoms with Gasteiger partial charge in [-0.15, -0.1) is 0 Å². The summed E-state index contributed by atoms with van der Waals surface area (Å²) in [6.07, 6.45) is 23.3. The second-order valence-corrected chi connectivity index (χ2v) is 15.0. The molecule has 0 aromatic heterocycles. The Morgan fingerprint density at radius 1 is 0.804 bits per heavy atom. The Bertz CT molecular complexity index is 2110. The van der Waals surface area contributed by atoms with Crippen molar-refractivity contribution < 1.29 is 0 Å². The van der Waals surface area contributed by atoms with Gasteiger partial charge in [-0.05, 0) is 112 Å². The number of hydrogen-bond donors (Lipinski definition) is 0. The van der Waals surface area contributed by atoms with Gasteiger partial charge in [-0.25, -0.2) is 0 Å². The maximum absolute atomic E-state index is 4.93. The molecule has 0 saturated carbocycles. The molecule has 0 heterocycles. The van der Waals surface area contributed by atoms with Gasteiger partial charge in [-0.3, -0.25) is 0 Å². The molecule has 2 aliphatic rings. The predicted octanol–water partition coefficient (Wildman–Crippen LogP) is 13.9. The van der Waals surface area contributed by atoms with Crippen LogP contribution < -0.4 is 0 Å². The fraction of sp³-hybridized carbons (Fsp3) is 0.255. The molecule has 0 saturated heterocycles. The van der Waals surface area contributed by atoms with Crippen LogP contribution >= 0.6 is 0 Å². The monoisotopic (exact) mass is 666 g/mol. The van der Waals surface area contributed by atoms with Crippen LogP contribution in [-0.4, -0.2) is 0 Å². The summed E-state index contributed by atoms with van der Waals surface area (Å²) in [5.74, 6) is 0.578. The van der Waals surface area contributed by atoms with Crippen molar-refractivity contribution in [2.75, 3.05) is 0 Å². The van der Waals surface area contributed by atoms with Crippen molar-refractivity contribution >= 4 is 11.6 Å². The normalized spacial score (nSPS) is 18.4. The van der Waals surface area contributed by atoms with Gasteiger partial charge in [0.05, 0.1) is 5.41 Å². The molecular weight excluding hydrogens is 613 g/mol. The van der Waals surface area contributed by atoms with Crippen LogP contribution in [-0.2, 0) is 17.3 Å². The average molecular weight is 667 g/mol. The number of fused-ring (bicyclic) bond motifs is 4.